The van der Waals surface area contributed by atoms with Gasteiger partial charge in [0.25, 0.3) is 0 Å². The number of hydrogen-bond donors (Lipinski definition) is 0. The van der Waals surface area contributed by atoms with Crippen LogP contribution in [0.1, 0.15) is 0 Å². The molecule has 6 heteroatoms. The van der Waals surface area contributed by atoms with Crippen molar-refractivity contribution in [3.8, 4) is 17.1 Å². The van der Waals surface area contributed by atoms with Crippen LogP contribution in [0, 0.1) is 0 Å². The Balaban J connectivity index is 1.15. The van der Waals surface area contributed by atoms with E-state index in [0.29, 0.717) is 5.89 Å². The maximum atomic E-state index is 6.69. The van der Waals surface area contributed by atoms with Gasteiger partial charge in [0, 0.05) is 59.3 Å². The van der Waals surface area contributed by atoms with Crippen molar-refractivity contribution in [1.29, 1.82) is 0 Å². The molecule has 0 aliphatic carbocycles. The lowest BCUT2D eigenvalue weighted by atomic mass is 10.0. The fourth-order valence-corrected chi connectivity index (χ4v) is 9.60. The Morgan fingerprint density at radius 2 is 1.16 bits per heavy atom. The van der Waals surface area contributed by atoms with Crippen molar-refractivity contribution in [3.63, 3.8) is 0 Å². The summed E-state index contributed by atoms with van der Waals surface area (Å²) in [4.78, 5) is 7.42. The zero-order valence-electron chi connectivity index (χ0n) is 29.3. The fourth-order valence-electron chi connectivity index (χ4n) is 8.48. The van der Waals surface area contributed by atoms with E-state index in [9.17, 15) is 0 Å². The number of para-hydroxylation sites is 2. The van der Waals surface area contributed by atoms with Gasteiger partial charge >= 0.3 is 0 Å². The monoisotopic (exact) mass is 723 g/mol. The summed E-state index contributed by atoms with van der Waals surface area (Å²) in [6.07, 6.45) is 0. The first-order valence-electron chi connectivity index (χ1n) is 18.4. The van der Waals surface area contributed by atoms with Crippen molar-refractivity contribution in [2.24, 2.45) is 0 Å². The minimum absolute atomic E-state index is 0.596. The van der Waals surface area contributed by atoms with E-state index < -0.39 is 0 Å². The van der Waals surface area contributed by atoms with Gasteiger partial charge in [-0.3, -0.25) is 0 Å². The Labute approximate surface area is 318 Å². The highest BCUT2D eigenvalue weighted by atomic mass is 32.1. The molecule has 0 amide bonds. The Hall–Kier alpha value is -7.15. The number of hydrogen-bond acceptors (Lipinski definition) is 5. The smallest absolute Gasteiger partial charge is 0.227 e. The molecule has 0 bridgehead atoms. The van der Waals surface area contributed by atoms with Gasteiger partial charge in [0.2, 0.25) is 5.89 Å². The van der Waals surface area contributed by atoms with Crippen molar-refractivity contribution in [2.45, 2.75) is 0 Å². The molecular formula is C49H29N3O2S. The first-order valence-corrected chi connectivity index (χ1v) is 19.2. The molecular weight excluding hydrogens is 695 g/mol. The summed E-state index contributed by atoms with van der Waals surface area (Å²) in [5.74, 6) is 0.596. The summed E-state index contributed by atoms with van der Waals surface area (Å²) in [7, 11) is 0. The molecule has 8 aromatic carbocycles. The van der Waals surface area contributed by atoms with Gasteiger partial charge in [0.05, 0.1) is 27.8 Å². The first-order chi connectivity index (χ1) is 27.3. The van der Waals surface area contributed by atoms with Crippen molar-refractivity contribution in [2.75, 3.05) is 4.90 Å². The summed E-state index contributed by atoms with van der Waals surface area (Å²) < 4.78 is 17.9. The predicted molar refractivity (Wildman–Crippen MR) is 229 cm³/mol. The third-order valence-electron chi connectivity index (χ3n) is 10.8. The second-order valence-electron chi connectivity index (χ2n) is 13.9. The van der Waals surface area contributed by atoms with Crippen LogP contribution in [0.25, 0.3) is 92.2 Å². The molecule has 0 saturated heterocycles. The lowest BCUT2D eigenvalue weighted by molar-refractivity contribution is 0.619. The molecule has 0 unspecified atom stereocenters. The number of rotatable bonds is 5. The van der Waals surface area contributed by atoms with Crippen LogP contribution in [-0.4, -0.2) is 9.55 Å². The summed E-state index contributed by atoms with van der Waals surface area (Å²) in [6.45, 7) is 0. The third-order valence-corrected chi connectivity index (χ3v) is 11.9. The van der Waals surface area contributed by atoms with Crippen molar-refractivity contribution >= 4 is 103 Å². The number of thiophene rings is 1. The molecule has 0 atom stereocenters. The average Bonchev–Trinajstić information content (AvgIpc) is 4.02. The topological polar surface area (TPSA) is 47.3 Å². The molecule has 4 heterocycles. The molecule has 0 N–H and O–H groups in total. The molecule has 12 aromatic rings. The number of fused-ring (bicyclic) bond motifs is 11. The second kappa shape index (κ2) is 11.7. The van der Waals surface area contributed by atoms with Crippen LogP contribution in [-0.2, 0) is 0 Å². The van der Waals surface area contributed by atoms with Gasteiger partial charge in [0.15, 0.2) is 5.58 Å². The fraction of sp³-hybridized carbons (Fsp3) is 0. The summed E-state index contributed by atoms with van der Waals surface area (Å²) in [6, 6.07) is 62.0. The molecule has 55 heavy (non-hydrogen) atoms. The summed E-state index contributed by atoms with van der Waals surface area (Å²) >= 11 is 1.83. The third kappa shape index (κ3) is 4.49. The van der Waals surface area contributed by atoms with Crippen LogP contribution < -0.4 is 4.90 Å². The van der Waals surface area contributed by atoms with E-state index in [4.69, 9.17) is 13.8 Å². The highest BCUT2D eigenvalue weighted by molar-refractivity contribution is 7.26. The van der Waals surface area contributed by atoms with Crippen molar-refractivity contribution in [3.05, 3.63) is 176 Å². The molecule has 0 aliphatic rings. The minimum Gasteiger partial charge on any atom is -0.456 e. The lowest BCUT2D eigenvalue weighted by Crippen LogP contribution is -2.10. The van der Waals surface area contributed by atoms with Crippen LogP contribution in [0.5, 0.6) is 0 Å². The highest BCUT2D eigenvalue weighted by Crippen LogP contribution is 2.49. The normalized spacial score (nSPS) is 12.0. The number of benzene rings is 8. The van der Waals surface area contributed by atoms with Gasteiger partial charge in [-0.25, -0.2) is 4.98 Å². The number of furan rings is 1. The number of aromatic nitrogens is 2. The van der Waals surface area contributed by atoms with Gasteiger partial charge in [0.1, 0.15) is 16.7 Å². The predicted octanol–water partition coefficient (Wildman–Crippen LogP) is 14.3. The van der Waals surface area contributed by atoms with Gasteiger partial charge in [-0.1, -0.05) is 84.9 Å². The molecule has 0 spiro atoms. The van der Waals surface area contributed by atoms with E-state index in [1.165, 1.54) is 30.9 Å². The van der Waals surface area contributed by atoms with Gasteiger partial charge in [-0.2, -0.15) is 0 Å². The van der Waals surface area contributed by atoms with Crippen molar-refractivity contribution in [1.82, 2.24) is 9.55 Å². The first kappa shape index (κ1) is 30.3. The molecule has 0 saturated carbocycles. The van der Waals surface area contributed by atoms with E-state index >= 15 is 0 Å². The SMILES string of the molecule is c1ccc(-c2nc3c(ccc4oc5cc(N(c6cccc7sc8ccccc8c67)c6cccc7c6c6ccccc6n7-c6ccccc6)ccc5c43)o2)cc1. The number of oxazole rings is 1. The van der Waals surface area contributed by atoms with Crippen molar-refractivity contribution < 1.29 is 8.83 Å². The zero-order valence-corrected chi connectivity index (χ0v) is 30.1. The summed E-state index contributed by atoms with van der Waals surface area (Å²) in [5, 5.41) is 6.80. The molecule has 0 fully saturated rings. The van der Waals surface area contributed by atoms with Gasteiger partial charge < -0.3 is 18.3 Å². The van der Waals surface area contributed by atoms with Crippen LogP contribution in [0.15, 0.2) is 185 Å². The molecule has 5 nitrogen and oxygen atoms in total. The molecule has 0 aliphatic heterocycles. The zero-order chi connectivity index (χ0) is 36.0. The molecule has 0 radical (unpaired) electrons. The van der Waals surface area contributed by atoms with E-state index in [2.05, 4.69) is 143 Å². The Morgan fingerprint density at radius 1 is 0.473 bits per heavy atom. The average molecular weight is 724 g/mol. The van der Waals surface area contributed by atoms with Crippen LogP contribution >= 0.6 is 11.3 Å². The van der Waals surface area contributed by atoms with Crippen LogP contribution in [0.2, 0.25) is 0 Å². The maximum Gasteiger partial charge on any atom is 0.227 e. The Bertz CT molecular complexity index is 3450. The molecule has 258 valence electrons. The van der Waals surface area contributed by atoms with E-state index in [-0.39, 0.29) is 0 Å². The lowest BCUT2D eigenvalue weighted by Gasteiger charge is -2.27. The Kier molecular flexibility index (Phi) is 6.44. The second-order valence-corrected chi connectivity index (χ2v) is 15.0. The van der Waals surface area contributed by atoms with Gasteiger partial charge in [-0.15, -0.1) is 11.3 Å². The number of nitrogens with zero attached hydrogens (tertiary/aromatic N) is 3. The standard InChI is InChI=1S/C49H29N3O2S/c1-3-13-30(14-4-1)49-50-48-41(54-49)28-27-40-47(48)34-26-25-32(29-42(34)53-40)52(39-22-12-24-44-46(39)35-18-8-10-23-43(35)55-44)38-21-11-20-37-45(38)33-17-7-9-19-36(33)51(37)31-15-5-2-6-16-31/h1-29H. The maximum absolute atomic E-state index is 6.69. The molecule has 12 rings (SSSR count). The number of anilines is 3. The van der Waals surface area contributed by atoms with Crippen LogP contribution in [0.3, 0.4) is 0 Å². The van der Waals surface area contributed by atoms with Crippen LogP contribution in [0.4, 0.5) is 17.1 Å². The van der Waals surface area contributed by atoms with E-state index in [1.807, 2.05) is 53.8 Å². The molecule has 4 aromatic heterocycles. The largest absolute Gasteiger partial charge is 0.456 e. The summed E-state index contributed by atoms with van der Waals surface area (Å²) in [5.41, 5.74) is 10.7. The highest BCUT2D eigenvalue weighted by Gasteiger charge is 2.25. The van der Waals surface area contributed by atoms with E-state index in [1.54, 1.807) is 0 Å². The quantitative estimate of drug-likeness (QED) is 0.177. The van der Waals surface area contributed by atoms with E-state index in [0.717, 1.165) is 72.4 Å². The van der Waals surface area contributed by atoms with Gasteiger partial charge in [-0.05, 0) is 84.9 Å². The Morgan fingerprint density at radius 3 is 2.04 bits per heavy atom. The minimum atomic E-state index is 0.596.